The quantitative estimate of drug-likeness (QED) is 0.840. The molecule has 0 radical (unpaired) electrons. The Morgan fingerprint density at radius 3 is 2.48 bits per heavy atom. The third-order valence-corrected chi connectivity index (χ3v) is 4.62. The molecule has 1 N–H and O–H groups in total. The van der Waals surface area contributed by atoms with Crippen LogP contribution in [-0.2, 0) is 6.42 Å². The first-order valence-electron chi connectivity index (χ1n) is 7.71. The van der Waals surface area contributed by atoms with Gasteiger partial charge in [-0.25, -0.2) is 0 Å². The summed E-state index contributed by atoms with van der Waals surface area (Å²) in [7, 11) is 4.10. The molecular weight excluding hydrogens is 266 g/mol. The molecule has 1 rings (SSSR count). The van der Waals surface area contributed by atoms with Gasteiger partial charge in [-0.15, -0.1) is 0 Å². The highest BCUT2D eigenvalue weighted by Crippen LogP contribution is 2.23. The Kier molecular flexibility index (Phi) is 5.96. The monoisotopic (exact) mass is 295 g/mol. The summed E-state index contributed by atoms with van der Waals surface area (Å²) in [5, 5.41) is 6.99. The van der Waals surface area contributed by atoms with Gasteiger partial charge in [-0.3, -0.25) is 4.79 Å². The van der Waals surface area contributed by atoms with Gasteiger partial charge >= 0.3 is 0 Å². The lowest BCUT2D eigenvalue weighted by atomic mass is 9.87. The second-order valence-corrected chi connectivity index (χ2v) is 6.13. The summed E-state index contributed by atoms with van der Waals surface area (Å²) in [6.45, 7) is 10.2. The van der Waals surface area contributed by atoms with Gasteiger partial charge in [0.25, 0.3) is 5.91 Å². The van der Waals surface area contributed by atoms with Crippen LogP contribution in [0.25, 0.3) is 0 Å². The Bertz CT molecular complexity index is 482. The third kappa shape index (κ3) is 3.64. The molecule has 5 nitrogen and oxygen atoms in total. The number of hydrogen-bond acceptors (Lipinski definition) is 4. The van der Waals surface area contributed by atoms with Gasteiger partial charge in [0.2, 0.25) is 0 Å². The van der Waals surface area contributed by atoms with E-state index in [1.54, 1.807) is 0 Å². The van der Waals surface area contributed by atoms with E-state index in [0.29, 0.717) is 5.69 Å². The van der Waals surface area contributed by atoms with Crippen LogP contribution in [0.4, 0.5) is 0 Å². The topological polar surface area (TPSA) is 58.4 Å². The first-order valence-corrected chi connectivity index (χ1v) is 7.71. The van der Waals surface area contributed by atoms with E-state index in [0.717, 1.165) is 30.6 Å². The van der Waals surface area contributed by atoms with Gasteiger partial charge in [-0.1, -0.05) is 25.4 Å². The van der Waals surface area contributed by atoms with Gasteiger partial charge in [0.15, 0.2) is 5.69 Å². The number of nitrogens with one attached hydrogen (secondary N) is 1. The zero-order valence-electron chi connectivity index (χ0n) is 14.4. The Morgan fingerprint density at radius 1 is 1.43 bits per heavy atom. The van der Waals surface area contributed by atoms with Crippen molar-refractivity contribution in [1.82, 2.24) is 15.4 Å². The first kappa shape index (κ1) is 17.7. The normalized spacial score (nSPS) is 15.8. The summed E-state index contributed by atoms with van der Waals surface area (Å²) in [6, 6.07) is 0.0149. The van der Waals surface area contributed by atoms with Crippen LogP contribution in [0.2, 0.25) is 0 Å². The molecule has 0 aromatic carbocycles. The molecule has 1 aromatic heterocycles. The van der Waals surface area contributed by atoms with Crippen molar-refractivity contribution in [2.45, 2.75) is 65.5 Å². The van der Waals surface area contributed by atoms with Gasteiger partial charge in [0.05, 0.1) is 0 Å². The summed E-state index contributed by atoms with van der Waals surface area (Å²) in [6.07, 6.45) is 2.82. The van der Waals surface area contributed by atoms with Gasteiger partial charge in [0.1, 0.15) is 5.76 Å². The van der Waals surface area contributed by atoms with Crippen LogP contribution in [0.3, 0.4) is 0 Å². The van der Waals surface area contributed by atoms with E-state index in [1.807, 2.05) is 20.8 Å². The molecule has 0 saturated heterocycles. The average Bonchev–Trinajstić information content (AvgIpc) is 2.79. The third-order valence-electron chi connectivity index (χ3n) is 4.62. The molecule has 0 aliphatic carbocycles. The summed E-state index contributed by atoms with van der Waals surface area (Å²) >= 11 is 0. The number of carbonyl (C=O) groups excluding carboxylic acids is 1. The van der Waals surface area contributed by atoms with Gasteiger partial charge in [-0.05, 0) is 41.3 Å². The maximum absolute atomic E-state index is 12.4. The first-order chi connectivity index (χ1) is 9.77. The van der Waals surface area contributed by atoms with E-state index < -0.39 is 0 Å². The van der Waals surface area contributed by atoms with E-state index in [-0.39, 0.29) is 17.5 Å². The number of amides is 1. The smallest absolute Gasteiger partial charge is 0.274 e. The minimum Gasteiger partial charge on any atom is -0.360 e. The molecule has 0 spiro atoms. The SMILES string of the molecule is CCCC(C)(C(C)NC(=O)c1noc(CC)c1C)N(C)C. The van der Waals surface area contributed by atoms with Crippen molar-refractivity contribution < 1.29 is 9.32 Å². The van der Waals surface area contributed by atoms with E-state index in [9.17, 15) is 4.79 Å². The predicted molar refractivity (Wildman–Crippen MR) is 84.5 cm³/mol. The molecule has 0 bridgehead atoms. The fraction of sp³-hybridized carbons (Fsp3) is 0.750. The summed E-state index contributed by atoms with van der Waals surface area (Å²) in [4.78, 5) is 14.6. The lowest BCUT2D eigenvalue weighted by molar-refractivity contribution is 0.0796. The van der Waals surface area contributed by atoms with Crippen LogP contribution in [-0.4, -0.2) is 41.6 Å². The molecular formula is C16H29N3O2. The summed E-state index contributed by atoms with van der Waals surface area (Å²) in [5.41, 5.74) is 1.15. The summed E-state index contributed by atoms with van der Waals surface area (Å²) in [5.74, 6) is 0.615. The lowest BCUT2D eigenvalue weighted by Gasteiger charge is -2.42. The van der Waals surface area contributed by atoms with Gasteiger partial charge in [0, 0.05) is 23.6 Å². The van der Waals surface area contributed by atoms with Crippen molar-refractivity contribution in [2.75, 3.05) is 14.1 Å². The lowest BCUT2D eigenvalue weighted by Crippen LogP contribution is -2.57. The predicted octanol–water partition coefficient (Wildman–Crippen LogP) is 2.78. The molecule has 0 saturated carbocycles. The number of carbonyl (C=O) groups is 1. The maximum atomic E-state index is 12.4. The summed E-state index contributed by atoms with van der Waals surface area (Å²) < 4.78 is 5.21. The van der Waals surface area contributed by atoms with Crippen molar-refractivity contribution >= 4 is 5.91 Å². The number of aromatic nitrogens is 1. The molecule has 0 aliphatic heterocycles. The van der Waals surface area contributed by atoms with Crippen LogP contribution in [0.15, 0.2) is 4.52 Å². The molecule has 0 fully saturated rings. The fourth-order valence-electron chi connectivity index (χ4n) is 2.67. The number of hydrogen-bond donors (Lipinski definition) is 1. The van der Waals surface area contributed by atoms with Crippen LogP contribution in [0.1, 0.15) is 62.3 Å². The van der Waals surface area contributed by atoms with Crippen molar-refractivity contribution in [2.24, 2.45) is 0 Å². The van der Waals surface area contributed by atoms with Gasteiger partial charge < -0.3 is 14.7 Å². The van der Waals surface area contributed by atoms with Crippen molar-refractivity contribution in [3.8, 4) is 0 Å². The van der Waals surface area contributed by atoms with Gasteiger partial charge in [-0.2, -0.15) is 0 Å². The standard InChI is InChI=1S/C16H29N3O2/c1-8-10-16(5,19(6)7)12(4)17-15(20)14-11(3)13(9-2)21-18-14/h12H,8-10H2,1-7H3,(H,17,20). The number of aryl methyl sites for hydroxylation is 1. The molecule has 2 unspecified atom stereocenters. The van der Waals surface area contributed by atoms with E-state index in [1.165, 1.54) is 0 Å². The maximum Gasteiger partial charge on any atom is 0.274 e. The second-order valence-electron chi connectivity index (χ2n) is 6.13. The van der Waals surface area contributed by atoms with E-state index in [2.05, 4.69) is 43.3 Å². The molecule has 1 aromatic rings. The Balaban J connectivity index is 2.88. The minimum absolute atomic E-state index is 0.0149. The Morgan fingerprint density at radius 2 is 2.05 bits per heavy atom. The zero-order chi connectivity index (χ0) is 16.2. The molecule has 1 heterocycles. The molecule has 2 atom stereocenters. The van der Waals surface area contributed by atoms with Crippen LogP contribution < -0.4 is 5.32 Å². The highest BCUT2D eigenvalue weighted by molar-refractivity contribution is 5.93. The zero-order valence-corrected chi connectivity index (χ0v) is 14.4. The number of likely N-dealkylation sites (N-methyl/N-ethyl adjacent to an activating group) is 1. The molecule has 21 heavy (non-hydrogen) atoms. The number of rotatable bonds is 7. The molecule has 0 aliphatic rings. The largest absolute Gasteiger partial charge is 0.360 e. The minimum atomic E-state index is -0.160. The Hall–Kier alpha value is -1.36. The average molecular weight is 295 g/mol. The fourth-order valence-corrected chi connectivity index (χ4v) is 2.67. The van der Waals surface area contributed by atoms with Crippen molar-refractivity contribution in [3.63, 3.8) is 0 Å². The molecule has 1 amide bonds. The highest BCUT2D eigenvalue weighted by atomic mass is 16.5. The van der Waals surface area contributed by atoms with E-state index >= 15 is 0 Å². The highest BCUT2D eigenvalue weighted by Gasteiger charge is 2.34. The van der Waals surface area contributed by atoms with Crippen molar-refractivity contribution in [3.05, 3.63) is 17.0 Å². The van der Waals surface area contributed by atoms with E-state index in [4.69, 9.17) is 4.52 Å². The number of nitrogens with zero attached hydrogens (tertiary/aromatic N) is 2. The molecule has 5 heteroatoms. The van der Waals surface area contributed by atoms with Crippen LogP contribution >= 0.6 is 0 Å². The van der Waals surface area contributed by atoms with Crippen LogP contribution in [0, 0.1) is 6.92 Å². The van der Waals surface area contributed by atoms with Crippen LogP contribution in [0.5, 0.6) is 0 Å². The molecule has 120 valence electrons. The second kappa shape index (κ2) is 7.07. The Labute approximate surface area is 128 Å². The van der Waals surface area contributed by atoms with Crippen molar-refractivity contribution in [1.29, 1.82) is 0 Å².